The molecular weight excluding hydrogens is 308 g/mol. The fraction of sp³-hybridized carbons (Fsp3) is 0.889. The molecule has 134 valence electrons. The number of fused-ring (bicyclic) bond motifs is 1. The standard InChI is InChI=1S/C18H28N2O4/c1-3-23-16(21)15-13-9-20(10-14(13)15)12-7-18(8-12)5-6-19(11-18)17(22)24-4-2/h12-15H,3-11H2,1-2H3. The summed E-state index contributed by atoms with van der Waals surface area (Å²) in [5.41, 5.74) is 0.324. The number of nitrogens with zero attached hydrogens (tertiary/aromatic N) is 2. The second-order valence-corrected chi connectivity index (χ2v) is 7.99. The maximum absolute atomic E-state index is 11.9. The average molecular weight is 336 g/mol. The molecule has 4 fully saturated rings. The predicted octanol–water partition coefficient (Wildman–Crippen LogP) is 1.74. The monoisotopic (exact) mass is 336 g/mol. The molecule has 0 aromatic rings. The lowest BCUT2D eigenvalue weighted by molar-refractivity contribution is -0.146. The Morgan fingerprint density at radius 2 is 1.75 bits per heavy atom. The molecule has 2 atom stereocenters. The minimum absolute atomic E-state index is 0.0121. The smallest absolute Gasteiger partial charge is 0.409 e. The molecule has 0 radical (unpaired) electrons. The SMILES string of the molecule is CCOC(=O)C1C2CN(C3CC4(CCN(C(=O)OCC)C4)C3)CC21. The minimum atomic E-state index is -0.155. The van der Waals surface area contributed by atoms with Gasteiger partial charge in [0.15, 0.2) is 0 Å². The highest BCUT2D eigenvalue weighted by Gasteiger charge is 2.62. The van der Waals surface area contributed by atoms with Crippen LogP contribution in [0.3, 0.4) is 0 Å². The van der Waals surface area contributed by atoms with Crippen LogP contribution in [-0.4, -0.2) is 67.3 Å². The van der Waals surface area contributed by atoms with Crippen molar-refractivity contribution in [3.05, 3.63) is 0 Å². The van der Waals surface area contributed by atoms with Gasteiger partial charge in [-0.25, -0.2) is 4.79 Å². The van der Waals surface area contributed by atoms with Gasteiger partial charge < -0.3 is 14.4 Å². The molecule has 2 heterocycles. The highest BCUT2D eigenvalue weighted by atomic mass is 16.6. The molecule has 0 aromatic carbocycles. The molecule has 6 heteroatoms. The van der Waals surface area contributed by atoms with Crippen LogP contribution in [0.15, 0.2) is 0 Å². The van der Waals surface area contributed by atoms with Gasteiger partial charge in [0, 0.05) is 32.2 Å². The van der Waals surface area contributed by atoms with E-state index in [1.54, 1.807) is 0 Å². The van der Waals surface area contributed by atoms with E-state index in [1.807, 2.05) is 18.7 Å². The molecule has 2 unspecified atom stereocenters. The van der Waals surface area contributed by atoms with Crippen molar-refractivity contribution in [2.45, 2.75) is 39.2 Å². The minimum Gasteiger partial charge on any atom is -0.466 e. The Kier molecular flexibility index (Phi) is 3.98. The lowest BCUT2D eigenvalue weighted by atomic mass is 9.64. The summed E-state index contributed by atoms with van der Waals surface area (Å²) in [6.45, 7) is 8.45. The van der Waals surface area contributed by atoms with E-state index < -0.39 is 0 Å². The van der Waals surface area contributed by atoms with E-state index in [9.17, 15) is 9.59 Å². The van der Waals surface area contributed by atoms with Crippen LogP contribution in [0.4, 0.5) is 4.79 Å². The number of piperidine rings is 1. The third-order valence-electron chi connectivity index (χ3n) is 6.60. The predicted molar refractivity (Wildman–Crippen MR) is 87.3 cm³/mol. The molecule has 0 aromatic heterocycles. The average Bonchev–Trinajstić information content (AvgIpc) is 2.91. The number of likely N-dealkylation sites (tertiary alicyclic amines) is 2. The molecule has 6 nitrogen and oxygen atoms in total. The number of ether oxygens (including phenoxy) is 2. The number of esters is 1. The van der Waals surface area contributed by atoms with E-state index in [1.165, 1.54) is 12.8 Å². The summed E-state index contributed by atoms with van der Waals surface area (Å²) < 4.78 is 10.3. The zero-order valence-electron chi connectivity index (χ0n) is 14.7. The highest BCUT2D eigenvalue weighted by molar-refractivity contribution is 5.77. The fourth-order valence-electron chi connectivity index (χ4n) is 5.28. The number of rotatable bonds is 4. The van der Waals surface area contributed by atoms with Gasteiger partial charge in [-0.1, -0.05) is 0 Å². The van der Waals surface area contributed by atoms with E-state index in [0.29, 0.717) is 36.5 Å². The molecule has 2 saturated heterocycles. The largest absolute Gasteiger partial charge is 0.466 e. The first-order valence-corrected chi connectivity index (χ1v) is 9.39. The Morgan fingerprint density at radius 3 is 2.38 bits per heavy atom. The summed E-state index contributed by atoms with van der Waals surface area (Å²) in [7, 11) is 0. The first-order chi connectivity index (χ1) is 11.6. The van der Waals surface area contributed by atoms with Gasteiger partial charge in [-0.2, -0.15) is 0 Å². The van der Waals surface area contributed by atoms with E-state index in [-0.39, 0.29) is 18.0 Å². The molecule has 0 bridgehead atoms. The van der Waals surface area contributed by atoms with Crippen molar-refractivity contribution in [3.63, 3.8) is 0 Å². The second-order valence-electron chi connectivity index (χ2n) is 7.99. The number of hydrogen-bond donors (Lipinski definition) is 0. The van der Waals surface area contributed by atoms with Crippen LogP contribution in [0, 0.1) is 23.2 Å². The fourth-order valence-corrected chi connectivity index (χ4v) is 5.28. The Bertz CT molecular complexity index is 519. The van der Waals surface area contributed by atoms with Crippen molar-refractivity contribution in [3.8, 4) is 0 Å². The number of amides is 1. The number of hydrogen-bond acceptors (Lipinski definition) is 5. The molecule has 1 spiro atoms. The molecule has 4 rings (SSSR count). The molecule has 24 heavy (non-hydrogen) atoms. The Morgan fingerprint density at radius 1 is 1.08 bits per heavy atom. The summed E-state index contributed by atoms with van der Waals surface area (Å²) in [5, 5.41) is 0. The summed E-state index contributed by atoms with van der Waals surface area (Å²) >= 11 is 0. The van der Waals surface area contributed by atoms with Crippen LogP contribution < -0.4 is 0 Å². The van der Waals surface area contributed by atoms with Crippen LogP contribution in [0.1, 0.15) is 33.1 Å². The van der Waals surface area contributed by atoms with Gasteiger partial charge in [-0.05, 0) is 50.4 Å². The van der Waals surface area contributed by atoms with Gasteiger partial charge in [0.2, 0.25) is 0 Å². The molecule has 2 aliphatic carbocycles. The van der Waals surface area contributed by atoms with Crippen molar-refractivity contribution in [2.75, 3.05) is 39.4 Å². The van der Waals surface area contributed by atoms with Crippen molar-refractivity contribution in [1.29, 1.82) is 0 Å². The van der Waals surface area contributed by atoms with Crippen LogP contribution in [0.5, 0.6) is 0 Å². The lowest BCUT2D eigenvalue weighted by Crippen LogP contribution is -2.52. The molecule has 2 aliphatic heterocycles. The maximum atomic E-state index is 11.9. The van der Waals surface area contributed by atoms with Crippen LogP contribution in [0.25, 0.3) is 0 Å². The van der Waals surface area contributed by atoms with Crippen LogP contribution in [0.2, 0.25) is 0 Å². The van der Waals surface area contributed by atoms with Gasteiger partial charge in [0.1, 0.15) is 0 Å². The Labute approximate surface area is 143 Å². The normalized spacial score (nSPS) is 40.3. The number of carbonyl (C=O) groups excluding carboxylic acids is 2. The summed E-state index contributed by atoms with van der Waals surface area (Å²) in [4.78, 5) is 28.2. The van der Waals surface area contributed by atoms with Crippen molar-refractivity contribution in [1.82, 2.24) is 9.80 Å². The van der Waals surface area contributed by atoms with Crippen LogP contribution >= 0.6 is 0 Å². The molecule has 0 N–H and O–H groups in total. The highest BCUT2D eigenvalue weighted by Crippen LogP contribution is 2.57. The summed E-state index contributed by atoms with van der Waals surface area (Å²) in [6.07, 6.45) is 3.32. The van der Waals surface area contributed by atoms with Gasteiger partial charge in [0.25, 0.3) is 0 Å². The first kappa shape index (κ1) is 16.2. The molecule has 4 aliphatic rings. The zero-order valence-corrected chi connectivity index (χ0v) is 14.7. The van der Waals surface area contributed by atoms with Gasteiger partial charge in [0.05, 0.1) is 19.1 Å². The zero-order chi connectivity index (χ0) is 16.9. The van der Waals surface area contributed by atoms with Crippen molar-refractivity contribution < 1.29 is 19.1 Å². The Hall–Kier alpha value is -1.30. The van der Waals surface area contributed by atoms with Crippen molar-refractivity contribution in [2.24, 2.45) is 23.2 Å². The van der Waals surface area contributed by atoms with Crippen LogP contribution in [-0.2, 0) is 14.3 Å². The molecule has 2 saturated carbocycles. The van der Waals surface area contributed by atoms with Crippen molar-refractivity contribution >= 4 is 12.1 Å². The van der Waals surface area contributed by atoms with Gasteiger partial charge in [-0.3, -0.25) is 9.69 Å². The third-order valence-corrected chi connectivity index (χ3v) is 6.60. The van der Waals surface area contributed by atoms with E-state index in [0.717, 1.165) is 32.6 Å². The van der Waals surface area contributed by atoms with Gasteiger partial charge >= 0.3 is 12.1 Å². The third kappa shape index (κ3) is 2.59. The lowest BCUT2D eigenvalue weighted by Gasteiger charge is -2.49. The first-order valence-electron chi connectivity index (χ1n) is 9.39. The topological polar surface area (TPSA) is 59.1 Å². The summed E-state index contributed by atoms with van der Waals surface area (Å²) in [5.74, 6) is 1.24. The van der Waals surface area contributed by atoms with E-state index in [4.69, 9.17) is 9.47 Å². The van der Waals surface area contributed by atoms with Gasteiger partial charge in [-0.15, -0.1) is 0 Å². The maximum Gasteiger partial charge on any atom is 0.409 e. The molecule has 1 amide bonds. The Balaban J connectivity index is 1.23. The second kappa shape index (κ2) is 5.90. The molecular formula is C18H28N2O4. The van der Waals surface area contributed by atoms with E-state index in [2.05, 4.69) is 4.90 Å². The van der Waals surface area contributed by atoms with E-state index >= 15 is 0 Å². The quantitative estimate of drug-likeness (QED) is 0.732. The summed E-state index contributed by atoms with van der Waals surface area (Å²) in [6, 6.07) is 0.641. The number of carbonyl (C=O) groups is 2.